The topological polar surface area (TPSA) is 37.3 Å². The highest BCUT2D eigenvalue weighted by Gasteiger charge is 2.18. The zero-order chi connectivity index (χ0) is 12.4. The van der Waals surface area contributed by atoms with Crippen LogP contribution in [-0.2, 0) is 6.42 Å². The van der Waals surface area contributed by atoms with Gasteiger partial charge in [-0.3, -0.25) is 0 Å². The van der Waals surface area contributed by atoms with Crippen LogP contribution >= 0.6 is 22.7 Å². The molecule has 2 heterocycles. The minimum absolute atomic E-state index is 0.544. The van der Waals surface area contributed by atoms with Gasteiger partial charge in [-0.1, -0.05) is 19.8 Å². The number of rotatable bonds is 5. The van der Waals surface area contributed by atoms with Crippen molar-refractivity contribution < 1.29 is 9.90 Å². The third kappa shape index (κ3) is 2.53. The minimum Gasteiger partial charge on any atom is -0.477 e. The Kier molecular flexibility index (Phi) is 3.84. The summed E-state index contributed by atoms with van der Waals surface area (Å²) in [5.41, 5.74) is 1.06. The van der Waals surface area contributed by atoms with Gasteiger partial charge in [0, 0.05) is 14.3 Å². The molecule has 0 aliphatic heterocycles. The smallest absolute Gasteiger partial charge is 0.346 e. The van der Waals surface area contributed by atoms with E-state index in [9.17, 15) is 9.90 Å². The number of hydrogen-bond acceptors (Lipinski definition) is 3. The molecule has 2 rings (SSSR count). The van der Waals surface area contributed by atoms with Crippen molar-refractivity contribution in [2.45, 2.75) is 39.5 Å². The summed E-state index contributed by atoms with van der Waals surface area (Å²) >= 11 is 3.14. The SMILES string of the molecule is CCCCCc1c(C(=O)O)sc2cc(C)sc12. The molecule has 0 radical (unpaired) electrons. The van der Waals surface area contributed by atoms with Crippen LogP contribution < -0.4 is 0 Å². The predicted molar refractivity (Wildman–Crippen MR) is 74.6 cm³/mol. The predicted octanol–water partition coefficient (Wildman–Crippen LogP) is 4.70. The number of carbonyl (C=O) groups is 1. The van der Waals surface area contributed by atoms with E-state index in [1.807, 2.05) is 0 Å². The molecule has 0 spiro atoms. The monoisotopic (exact) mass is 268 g/mol. The highest BCUT2D eigenvalue weighted by Crippen LogP contribution is 2.38. The summed E-state index contributed by atoms with van der Waals surface area (Å²) in [5.74, 6) is -0.775. The van der Waals surface area contributed by atoms with Crippen LogP contribution in [0.1, 0.15) is 46.3 Å². The first-order valence-corrected chi connectivity index (χ1v) is 7.52. The van der Waals surface area contributed by atoms with E-state index in [0.29, 0.717) is 4.88 Å². The Morgan fingerprint density at radius 2 is 2.12 bits per heavy atom. The molecule has 1 N–H and O–H groups in total. The van der Waals surface area contributed by atoms with Gasteiger partial charge >= 0.3 is 5.97 Å². The second kappa shape index (κ2) is 5.19. The van der Waals surface area contributed by atoms with Crippen LogP contribution in [0.4, 0.5) is 0 Å². The van der Waals surface area contributed by atoms with Crippen molar-refractivity contribution in [3.05, 3.63) is 21.4 Å². The van der Waals surface area contributed by atoms with Crippen molar-refractivity contribution in [1.29, 1.82) is 0 Å². The Labute approximate surface area is 109 Å². The Bertz CT molecular complexity index is 537. The lowest BCUT2D eigenvalue weighted by molar-refractivity contribution is 0.0701. The highest BCUT2D eigenvalue weighted by molar-refractivity contribution is 7.29. The molecule has 2 nitrogen and oxygen atoms in total. The average molecular weight is 268 g/mol. The van der Waals surface area contributed by atoms with E-state index in [1.54, 1.807) is 11.3 Å². The van der Waals surface area contributed by atoms with E-state index < -0.39 is 5.97 Å². The molecule has 0 saturated heterocycles. The first-order chi connectivity index (χ1) is 8.13. The molecule has 2 aromatic rings. The van der Waals surface area contributed by atoms with Gasteiger partial charge in [0.05, 0.1) is 0 Å². The van der Waals surface area contributed by atoms with Gasteiger partial charge in [-0.2, -0.15) is 0 Å². The minimum atomic E-state index is -0.775. The molecule has 17 heavy (non-hydrogen) atoms. The van der Waals surface area contributed by atoms with Crippen LogP contribution in [0.2, 0.25) is 0 Å². The van der Waals surface area contributed by atoms with Gasteiger partial charge in [0.25, 0.3) is 0 Å². The van der Waals surface area contributed by atoms with Crippen molar-refractivity contribution in [1.82, 2.24) is 0 Å². The maximum absolute atomic E-state index is 11.2. The normalized spacial score (nSPS) is 11.2. The molecule has 0 bridgehead atoms. The third-order valence-corrected chi connectivity index (χ3v) is 5.21. The zero-order valence-electron chi connectivity index (χ0n) is 10.1. The first-order valence-electron chi connectivity index (χ1n) is 5.88. The number of aromatic carboxylic acids is 1. The molecule has 0 fully saturated rings. The summed E-state index contributed by atoms with van der Waals surface area (Å²) in [7, 11) is 0. The van der Waals surface area contributed by atoms with Crippen molar-refractivity contribution in [3.63, 3.8) is 0 Å². The van der Waals surface area contributed by atoms with E-state index in [2.05, 4.69) is 19.9 Å². The lowest BCUT2D eigenvalue weighted by Crippen LogP contribution is -1.97. The highest BCUT2D eigenvalue weighted by atomic mass is 32.1. The molecule has 0 saturated carbocycles. The third-order valence-electron chi connectivity index (χ3n) is 2.81. The fourth-order valence-corrected chi connectivity index (χ4v) is 4.46. The molecule has 2 aromatic heterocycles. The molecular weight excluding hydrogens is 252 g/mol. The van der Waals surface area contributed by atoms with Crippen LogP contribution in [0.25, 0.3) is 9.40 Å². The molecule has 0 aliphatic rings. The lowest BCUT2D eigenvalue weighted by atomic mass is 10.1. The number of unbranched alkanes of at least 4 members (excludes halogenated alkanes) is 2. The number of fused-ring (bicyclic) bond motifs is 1. The van der Waals surface area contributed by atoms with E-state index in [0.717, 1.165) is 23.1 Å². The van der Waals surface area contributed by atoms with Crippen LogP contribution in [0.15, 0.2) is 6.07 Å². The van der Waals surface area contributed by atoms with E-state index in [1.165, 1.54) is 33.8 Å². The molecule has 0 unspecified atom stereocenters. The standard InChI is InChI=1S/C13H16O2S2/c1-3-4-5-6-9-11-10(7-8(2)16-11)17-12(9)13(14)15/h7H,3-6H2,1-2H3,(H,14,15). The molecule has 92 valence electrons. The molecule has 0 aromatic carbocycles. The average Bonchev–Trinajstić information content (AvgIpc) is 2.76. The van der Waals surface area contributed by atoms with Crippen molar-refractivity contribution >= 4 is 38.0 Å². The van der Waals surface area contributed by atoms with Gasteiger partial charge in [0.15, 0.2) is 0 Å². The summed E-state index contributed by atoms with van der Waals surface area (Å²) in [6.45, 7) is 4.24. The van der Waals surface area contributed by atoms with Crippen LogP contribution in [-0.4, -0.2) is 11.1 Å². The van der Waals surface area contributed by atoms with Gasteiger partial charge in [-0.05, 0) is 31.4 Å². The number of carboxylic acids is 1. The number of carboxylic acid groups (broad SMARTS) is 1. The largest absolute Gasteiger partial charge is 0.477 e. The molecule has 0 aliphatic carbocycles. The van der Waals surface area contributed by atoms with Crippen LogP contribution in [0.5, 0.6) is 0 Å². The zero-order valence-corrected chi connectivity index (χ0v) is 11.7. The van der Waals surface area contributed by atoms with E-state index in [-0.39, 0.29) is 0 Å². The fourth-order valence-electron chi connectivity index (χ4n) is 2.00. The Balaban J connectivity index is 2.39. The maximum atomic E-state index is 11.2. The first kappa shape index (κ1) is 12.6. The molecule has 0 amide bonds. The molecular formula is C13H16O2S2. The Morgan fingerprint density at radius 3 is 2.76 bits per heavy atom. The summed E-state index contributed by atoms with van der Waals surface area (Å²) in [5, 5.41) is 9.23. The lowest BCUT2D eigenvalue weighted by Gasteiger charge is -2.00. The fraction of sp³-hybridized carbons (Fsp3) is 0.462. The number of thiophene rings is 2. The maximum Gasteiger partial charge on any atom is 0.346 e. The Morgan fingerprint density at radius 1 is 1.35 bits per heavy atom. The number of aryl methyl sites for hydroxylation is 2. The van der Waals surface area contributed by atoms with Gasteiger partial charge in [0.2, 0.25) is 0 Å². The van der Waals surface area contributed by atoms with Crippen molar-refractivity contribution in [3.8, 4) is 0 Å². The second-order valence-electron chi connectivity index (χ2n) is 4.22. The molecule has 4 heteroatoms. The summed E-state index contributed by atoms with van der Waals surface area (Å²) in [6.07, 6.45) is 4.31. The Hall–Kier alpha value is -0.870. The van der Waals surface area contributed by atoms with Gasteiger partial charge in [-0.25, -0.2) is 4.79 Å². The number of hydrogen-bond donors (Lipinski definition) is 1. The van der Waals surface area contributed by atoms with E-state index >= 15 is 0 Å². The second-order valence-corrected chi connectivity index (χ2v) is 6.53. The summed E-state index contributed by atoms with van der Waals surface area (Å²) < 4.78 is 2.33. The van der Waals surface area contributed by atoms with Crippen molar-refractivity contribution in [2.75, 3.05) is 0 Å². The molecule has 0 atom stereocenters. The van der Waals surface area contributed by atoms with Crippen LogP contribution in [0.3, 0.4) is 0 Å². The quantitative estimate of drug-likeness (QED) is 0.798. The van der Waals surface area contributed by atoms with E-state index in [4.69, 9.17) is 0 Å². The van der Waals surface area contributed by atoms with Gasteiger partial charge < -0.3 is 5.11 Å². The van der Waals surface area contributed by atoms with Crippen molar-refractivity contribution in [2.24, 2.45) is 0 Å². The van der Waals surface area contributed by atoms with Gasteiger partial charge in [-0.15, -0.1) is 22.7 Å². The van der Waals surface area contributed by atoms with Gasteiger partial charge in [0.1, 0.15) is 4.88 Å². The summed E-state index contributed by atoms with van der Waals surface area (Å²) in [6, 6.07) is 2.10. The van der Waals surface area contributed by atoms with Crippen LogP contribution in [0, 0.1) is 6.92 Å². The summed E-state index contributed by atoms with van der Waals surface area (Å²) in [4.78, 5) is 13.0.